The summed E-state index contributed by atoms with van der Waals surface area (Å²) in [7, 11) is 1.30. The summed E-state index contributed by atoms with van der Waals surface area (Å²) >= 11 is 0. The Morgan fingerprint density at radius 2 is 1.68 bits per heavy atom. The molecule has 2 heterocycles. The van der Waals surface area contributed by atoms with E-state index in [0.717, 1.165) is 62.4 Å². The molecule has 6 N–H and O–H groups in total. The van der Waals surface area contributed by atoms with Crippen molar-refractivity contribution in [3.63, 3.8) is 0 Å². The predicted octanol–water partition coefficient (Wildman–Crippen LogP) is 5.74. The van der Waals surface area contributed by atoms with Crippen LogP contribution in [0.25, 0.3) is 43.7 Å². The SMILES string of the molecule is COC(=O)N[C@H](C(=O)N1CCC[C@H]1c1nc2ccc3cc(-c4ccc5c(N)c(N)ccc5c4)ccc3c2[nH]1)C(C)C. The molecule has 5 aromatic rings. The summed E-state index contributed by atoms with van der Waals surface area (Å²) in [5, 5.41) is 6.84. The lowest BCUT2D eigenvalue weighted by atomic mass is 9.97. The van der Waals surface area contributed by atoms with Crippen LogP contribution in [0.1, 0.15) is 38.6 Å². The van der Waals surface area contributed by atoms with Gasteiger partial charge in [-0.25, -0.2) is 9.78 Å². The van der Waals surface area contributed by atoms with Crippen molar-refractivity contribution in [1.29, 1.82) is 0 Å². The first-order valence-electron chi connectivity index (χ1n) is 13.9. The second-order valence-corrected chi connectivity index (χ2v) is 11.1. The van der Waals surface area contributed by atoms with E-state index in [4.69, 9.17) is 21.2 Å². The van der Waals surface area contributed by atoms with E-state index in [-0.39, 0.29) is 17.9 Å². The number of aromatic nitrogens is 2. The molecule has 6 rings (SSSR count). The Hall–Kier alpha value is -4.79. The monoisotopic (exact) mass is 550 g/mol. The molecule has 0 bridgehead atoms. The molecule has 0 spiro atoms. The first-order chi connectivity index (χ1) is 19.7. The number of rotatable bonds is 5. The second kappa shape index (κ2) is 10.3. The summed E-state index contributed by atoms with van der Waals surface area (Å²) in [5.41, 5.74) is 17.3. The van der Waals surface area contributed by atoms with Gasteiger partial charge in [0.25, 0.3) is 0 Å². The topological polar surface area (TPSA) is 139 Å². The molecule has 2 atom stereocenters. The minimum Gasteiger partial charge on any atom is -0.453 e. The molecule has 1 aromatic heterocycles. The van der Waals surface area contributed by atoms with Gasteiger partial charge in [0.1, 0.15) is 11.9 Å². The van der Waals surface area contributed by atoms with E-state index in [1.165, 1.54) is 7.11 Å². The third-order valence-corrected chi connectivity index (χ3v) is 8.16. The molecule has 0 saturated carbocycles. The Balaban J connectivity index is 1.32. The lowest BCUT2D eigenvalue weighted by Gasteiger charge is -2.29. The van der Waals surface area contributed by atoms with Crippen molar-refractivity contribution in [2.24, 2.45) is 5.92 Å². The molecule has 0 radical (unpaired) electrons. The molecule has 1 aliphatic rings. The molecule has 210 valence electrons. The summed E-state index contributed by atoms with van der Waals surface area (Å²) in [5.74, 6) is 0.548. The highest BCUT2D eigenvalue weighted by Gasteiger charge is 2.37. The Labute approximate surface area is 237 Å². The number of methoxy groups -OCH3 is 1. The van der Waals surface area contributed by atoms with Crippen LogP contribution in [0.5, 0.6) is 0 Å². The lowest BCUT2D eigenvalue weighted by molar-refractivity contribution is -0.135. The number of carbonyl (C=O) groups excluding carboxylic acids is 2. The first-order valence-corrected chi connectivity index (χ1v) is 13.9. The smallest absolute Gasteiger partial charge is 0.407 e. The summed E-state index contributed by atoms with van der Waals surface area (Å²) in [4.78, 5) is 35.7. The minimum absolute atomic E-state index is 0.0882. The van der Waals surface area contributed by atoms with Crippen LogP contribution < -0.4 is 16.8 Å². The number of benzene rings is 4. The number of imidazole rings is 1. The normalized spacial score (nSPS) is 16.1. The molecule has 1 aliphatic heterocycles. The van der Waals surface area contributed by atoms with Crippen molar-refractivity contribution in [2.45, 2.75) is 38.8 Å². The molecule has 4 aromatic carbocycles. The zero-order chi connectivity index (χ0) is 28.8. The van der Waals surface area contributed by atoms with E-state index in [9.17, 15) is 9.59 Å². The quantitative estimate of drug-likeness (QED) is 0.206. The number of nitrogens with zero attached hydrogens (tertiary/aromatic N) is 2. The Bertz CT molecular complexity index is 1810. The van der Waals surface area contributed by atoms with Crippen LogP contribution >= 0.6 is 0 Å². The number of amides is 2. The average Bonchev–Trinajstić information content (AvgIpc) is 3.64. The fraction of sp³-hybridized carbons (Fsp3) is 0.281. The van der Waals surface area contributed by atoms with Gasteiger partial charge in [0.2, 0.25) is 5.91 Å². The molecular weight excluding hydrogens is 516 g/mol. The fourth-order valence-corrected chi connectivity index (χ4v) is 5.91. The number of carbonyl (C=O) groups is 2. The van der Waals surface area contributed by atoms with Gasteiger partial charge in [-0.3, -0.25) is 4.79 Å². The number of ether oxygens (including phenoxy) is 1. The first kappa shape index (κ1) is 26.4. The van der Waals surface area contributed by atoms with Crippen LogP contribution in [0.15, 0.2) is 60.7 Å². The Morgan fingerprint density at radius 1 is 1.00 bits per heavy atom. The average molecular weight is 551 g/mol. The number of nitrogens with one attached hydrogen (secondary N) is 2. The Kier molecular flexibility index (Phi) is 6.65. The predicted molar refractivity (Wildman–Crippen MR) is 163 cm³/mol. The van der Waals surface area contributed by atoms with Crippen LogP contribution in [0.4, 0.5) is 16.2 Å². The number of nitrogens with two attached hydrogens (primary N) is 2. The summed E-state index contributed by atoms with van der Waals surface area (Å²) in [6, 6.07) is 19.7. The zero-order valence-corrected chi connectivity index (χ0v) is 23.4. The highest BCUT2D eigenvalue weighted by atomic mass is 16.5. The lowest BCUT2D eigenvalue weighted by Crippen LogP contribution is -2.51. The van der Waals surface area contributed by atoms with Crippen LogP contribution in [0.2, 0.25) is 0 Å². The van der Waals surface area contributed by atoms with Crippen LogP contribution in [-0.2, 0) is 9.53 Å². The van der Waals surface area contributed by atoms with Crippen LogP contribution in [0.3, 0.4) is 0 Å². The maximum absolute atomic E-state index is 13.5. The fourth-order valence-electron chi connectivity index (χ4n) is 5.91. The van der Waals surface area contributed by atoms with Gasteiger partial charge in [0.05, 0.1) is 35.6 Å². The van der Waals surface area contributed by atoms with Gasteiger partial charge in [-0.1, -0.05) is 50.2 Å². The van der Waals surface area contributed by atoms with Gasteiger partial charge in [-0.2, -0.15) is 0 Å². The minimum atomic E-state index is -0.671. The summed E-state index contributed by atoms with van der Waals surface area (Å²) in [6.07, 6.45) is 1.05. The number of hydrogen-bond donors (Lipinski definition) is 4. The Morgan fingerprint density at radius 3 is 2.39 bits per heavy atom. The summed E-state index contributed by atoms with van der Waals surface area (Å²) < 4.78 is 4.75. The third-order valence-electron chi connectivity index (χ3n) is 8.16. The van der Waals surface area contributed by atoms with Gasteiger partial charge in [0.15, 0.2) is 0 Å². The van der Waals surface area contributed by atoms with Crippen molar-refractivity contribution in [3.05, 3.63) is 66.5 Å². The van der Waals surface area contributed by atoms with Crippen molar-refractivity contribution in [1.82, 2.24) is 20.2 Å². The number of aromatic amines is 1. The summed E-state index contributed by atoms with van der Waals surface area (Å²) in [6.45, 7) is 4.43. The number of alkyl carbamates (subject to hydrolysis) is 1. The third kappa shape index (κ3) is 4.67. The van der Waals surface area contributed by atoms with E-state index < -0.39 is 12.1 Å². The van der Waals surface area contributed by atoms with E-state index in [2.05, 4.69) is 46.7 Å². The standard InChI is InChI=1S/C32H34N6O3/c1-17(2)28(37-32(40)41-3)31(39)38-14-4-5-26(38)30-35-25-13-9-21-16-19(7-11-23(21)29(25)36-30)18-6-10-22-20(15-18)8-12-24(33)27(22)34/h6-13,15-17,26,28H,4-5,14,33-34H2,1-3H3,(H,35,36)(H,37,40)/t26-,28-/m0/s1. The number of H-pyrrole nitrogens is 1. The number of fused-ring (bicyclic) bond motifs is 4. The van der Waals surface area contributed by atoms with Gasteiger partial charge >= 0.3 is 6.09 Å². The van der Waals surface area contributed by atoms with Crippen molar-refractivity contribution < 1.29 is 14.3 Å². The van der Waals surface area contributed by atoms with Crippen molar-refractivity contribution in [3.8, 4) is 11.1 Å². The van der Waals surface area contributed by atoms with E-state index in [0.29, 0.717) is 17.9 Å². The number of anilines is 2. The molecule has 1 fully saturated rings. The van der Waals surface area contributed by atoms with Gasteiger partial charge < -0.3 is 31.4 Å². The molecule has 41 heavy (non-hydrogen) atoms. The van der Waals surface area contributed by atoms with Gasteiger partial charge in [-0.15, -0.1) is 0 Å². The second-order valence-electron chi connectivity index (χ2n) is 11.1. The van der Waals surface area contributed by atoms with E-state index >= 15 is 0 Å². The number of hydrogen-bond acceptors (Lipinski definition) is 6. The number of likely N-dealkylation sites (tertiary alicyclic amines) is 1. The molecule has 2 amide bonds. The highest BCUT2D eigenvalue weighted by molar-refractivity contribution is 6.06. The van der Waals surface area contributed by atoms with E-state index in [1.54, 1.807) is 0 Å². The van der Waals surface area contributed by atoms with Gasteiger partial charge in [-0.05, 0) is 64.9 Å². The maximum atomic E-state index is 13.5. The van der Waals surface area contributed by atoms with Crippen molar-refractivity contribution >= 4 is 56.0 Å². The van der Waals surface area contributed by atoms with E-state index in [1.807, 2.05) is 43.0 Å². The molecule has 1 saturated heterocycles. The van der Waals surface area contributed by atoms with Crippen LogP contribution in [0, 0.1) is 5.92 Å². The molecule has 9 heteroatoms. The highest BCUT2D eigenvalue weighted by Crippen LogP contribution is 2.36. The number of nitrogen functional groups attached to an aromatic ring is 2. The molecule has 9 nitrogen and oxygen atoms in total. The molecule has 0 unspecified atom stereocenters. The molecular formula is C32H34N6O3. The zero-order valence-electron chi connectivity index (χ0n) is 23.4. The van der Waals surface area contributed by atoms with Gasteiger partial charge in [0, 0.05) is 17.3 Å². The largest absolute Gasteiger partial charge is 0.453 e. The molecule has 0 aliphatic carbocycles. The van der Waals surface area contributed by atoms with Crippen molar-refractivity contribution in [2.75, 3.05) is 25.1 Å². The maximum Gasteiger partial charge on any atom is 0.407 e. The van der Waals surface area contributed by atoms with Crippen LogP contribution in [-0.4, -0.2) is 46.6 Å².